The monoisotopic (exact) mass is 291 g/mol. The lowest BCUT2D eigenvalue weighted by atomic mass is 10.1. The van der Waals surface area contributed by atoms with Crippen LogP contribution in [0.1, 0.15) is 11.3 Å². The molecule has 3 heteroatoms. The number of phenols is 1. The van der Waals surface area contributed by atoms with Gasteiger partial charge in [-0.25, -0.2) is 4.98 Å². The average Bonchev–Trinajstić information content (AvgIpc) is 2.54. The Morgan fingerprint density at radius 3 is 2.55 bits per heavy atom. The molecule has 1 aromatic heterocycles. The Hall–Kier alpha value is -2.81. The Balaban J connectivity index is 1.91. The third-order valence-corrected chi connectivity index (χ3v) is 3.38. The summed E-state index contributed by atoms with van der Waals surface area (Å²) < 4.78 is 5.91. The van der Waals surface area contributed by atoms with E-state index in [0.717, 1.165) is 22.4 Å². The van der Waals surface area contributed by atoms with E-state index in [2.05, 4.69) is 4.98 Å². The van der Waals surface area contributed by atoms with Crippen molar-refractivity contribution in [1.29, 1.82) is 0 Å². The van der Waals surface area contributed by atoms with Crippen LogP contribution in [0.5, 0.6) is 11.6 Å². The van der Waals surface area contributed by atoms with E-state index in [1.165, 1.54) is 0 Å². The number of ether oxygens (including phenoxy) is 1. The zero-order chi connectivity index (χ0) is 15.4. The summed E-state index contributed by atoms with van der Waals surface area (Å²) in [4.78, 5) is 4.49. The lowest BCUT2D eigenvalue weighted by molar-refractivity contribution is 0.295. The van der Waals surface area contributed by atoms with Crippen LogP contribution in [0.15, 0.2) is 66.7 Å². The molecular formula is C19H17NO2. The summed E-state index contributed by atoms with van der Waals surface area (Å²) in [7, 11) is 0. The molecule has 0 radical (unpaired) electrons. The molecule has 0 bridgehead atoms. The van der Waals surface area contributed by atoms with E-state index in [0.29, 0.717) is 12.5 Å². The van der Waals surface area contributed by atoms with Gasteiger partial charge in [0.2, 0.25) is 5.88 Å². The second-order valence-electron chi connectivity index (χ2n) is 5.13. The standard InChI is InChI=1S/C19H17NO2/c1-14-10-11-18(16-8-5-9-17(21)12-16)19(20-14)22-13-15-6-3-2-4-7-15/h2-12,21H,13H2,1H3. The third kappa shape index (κ3) is 3.26. The second kappa shape index (κ2) is 6.31. The zero-order valence-corrected chi connectivity index (χ0v) is 12.4. The first-order chi connectivity index (χ1) is 10.7. The van der Waals surface area contributed by atoms with Crippen molar-refractivity contribution in [2.24, 2.45) is 0 Å². The summed E-state index contributed by atoms with van der Waals surface area (Å²) in [5.41, 5.74) is 3.74. The van der Waals surface area contributed by atoms with E-state index in [4.69, 9.17) is 4.74 Å². The fourth-order valence-electron chi connectivity index (χ4n) is 2.26. The Kier molecular flexibility index (Phi) is 4.05. The number of phenolic OH excluding ortho intramolecular Hbond substituents is 1. The van der Waals surface area contributed by atoms with Gasteiger partial charge in [-0.15, -0.1) is 0 Å². The SMILES string of the molecule is Cc1ccc(-c2cccc(O)c2)c(OCc2ccccc2)n1. The molecule has 0 atom stereocenters. The summed E-state index contributed by atoms with van der Waals surface area (Å²) >= 11 is 0. The van der Waals surface area contributed by atoms with E-state index in [1.54, 1.807) is 12.1 Å². The van der Waals surface area contributed by atoms with Crippen molar-refractivity contribution in [1.82, 2.24) is 4.98 Å². The minimum Gasteiger partial charge on any atom is -0.508 e. The molecule has 0 saturated carbocycles. The number of aryl methyl sites for hydroxylation is 1. The van der Waals surface area contributed by atoms with Crippen LogP contribution in [-0.2, 0) is 6.61 Å². The molecule has 0 aliphatic heterocycles. The van der Waals surface area contributed by atoms with Gasteiger partial charge in [-0.05, 0) is 42.3 Å². The van der Waals surface area contributed by atoms with E-state index in [1.807, 2.05) is 61.5 Å². The van der Waals surface area contributed by atoms with Gasteiger partial charge < -0.3 is 9.84 Å². The van der Waals surface area contributed by atoms with Crippen molar-refractivity contribution >= 4 is 0 Å². The molecule has 22 heavy (non-hydrogen) atoms. The smallest absolute Gasteiger partial charge is 0.221 e. The highest BCUT2D eigenvalue weighted by atomic mass is 16.5. The molecule has 1 N–H and O–H groups in total. The van der Waals surface area contributed by atoms with Gasteiger partial charge in [-0.3, -0.25) is 0 Å². The van der Waals surface area contributed by atoms with Gasteiger partial charge in [-0.2, -0.15) is 0 Å². The molecule has 0 fully saturated rings. The third-order valence-electron chi connectivity index (χ3n) is 3.38. The minimum absolute atomic E-state index is 0.229. The topological polar surface area (TPSA) is 42.4 Å². The van der Waals surface area contributed by atoms with Crippen molar-refractivity contribution < 1.29 is 9.84 Å². The Bertz CT molecular complexity index is 769. The normalized spacial score (nSPS) is 10.4. The summed E-state index contributed by atoms with van der Waals surface area (Å²) in [6.45, 7) is 2.39. The summed E-state index contributed by atoms with van der Waals surface area (Å²) in [5, 5.41) is 9.67. The van der Waals surface area contributed by atoms with Gasteiger partial charge in [0.1, 0.15) is 12.4 Å². The highest BCUT2D eigenvalue weighted by Crippen LogP contribution is 2.31. The van der Waals surface area contributed by atoms with Gasteiger partial charge in [0.15, 0.2) is 0 Å². The van der Waals surface area contributed by atoms with Crippen molar-refractivity contribution in [3.05, 3.63) is 78.0 Å². The Morgan fingerprint density at radius 1 is 0.955 bits per heavy atom. The zero-order valence-electron chi connectivity index (χ0n) is 12.4. The van der Waals surface area contributed by atoms with Crippen molar-refractivity contribution in [3.8, 4) is 22.8 Å². The fraction of sp³-hybridized carbons (Fsp3) is 0.105. The van der Waals surface area contributed by atoms with Gasteiger partial charge >= 0.3 is 0 Å². The number of hydrogen-bond donors (Lipinski definition) is 1. The lowest BCUT2D eigenvalue weighted by Gasteiger charge is -2.12. The van der Waals surface area contributed by atoms with E-state index >= 15 is 0 Å². The maximum Gasteiger partial charge on any atom is 0.221 e. The number of aromatic hydroxyl groups is 1. The molecule has 0 aliphatic rings. The number of hydrogen-bond acceptors (Lipinski definition) is 3. The predicted octanol–water partition coefficient (Wildman–Crippen LogP) is 4.34. The average molecular weight is 291 g/mol. The van der Waals surface area contributed by atoms with Crippen LogP contribution < -0.4 is 4.74 Å². The van der Waals surface area contributed by atoms with Crippen LogP contribution in [0.2, 0.25) is 0 Å². The number of pyridine rings is 1. The number of nitrogens with zero attached hydrogens (tertiary/aromatic N) is 1. The van der Waals surface area contributed by atoms with Gasteiger partial charge in [-0.1, -0.05) is 42.5 Å². The molecule has 110 valence electrons. The lowest BCUT2D eigenvalue weighted by Crippen LogP contribution is -2.00. The molecule has 0 aliphatic carbocycles. The maximum atomic E-state index is 9.67. The Labute approximate surface area is 129 Å². The first-order valence-electron chi connectivity index (χ1n) is 7.16. The Morgan fingerprint density at radius 2 is 1.77 bits per heavy atom. The summed E-state index contributed by atoms with van der Waals surface area (Å²) in [6.07, 6.45) is 0. The fourth-order valence-corrected chi connectivity index (χ4v) is 2.26. The molecule has 3 aromatic rings. The van der Waals surface area contributed by atoms with E-state index in [9.17, 15) is 5.11 Å². The van der Waals surface area contributed by atoms with Crippen LogP contribution in [-0.4, -0.2) is 10.1 Å². The number of aromatic nitrogens is 1. The van der Waals surface area contributed by atoms with Crippen LogP contribution in [0.3, 0.4) is 0 Å². The largest absolute Gasteiger partial charge is 0.508 e. The quantitative estimate of drug-likeness (QED) is 0.777. The molecule has 3 rings (SSSR count). The van der Waals surface area contributed by atoms with Crippen LogP contribution in [0.25, 0.3) is 11.1 Å². The van der Waals surface area contributed by atoms with E-state index < -0.39 is 0 Å². The van der Waals surface area contributed by atoms with Gasteiger partial charge in [0.25, 0.3) is 0 Å². The van der Waals surface area contributed by atoms with E-state index in [-0.39, 0.29) is 5.75 Å². The highest BCUT2D eigenvalue weighted by molar-refractivity contribution is 5.69. The van der Waals surface area contributed by atoms with Gasteiger partial charge in [0.05, 0.1) is 0 Å². The van der Waals surface area contributed by atoms with Crippen LogP contribution in [0.4, 0.5) is 0 Å². The molecule has 1 heterocycles. The molecule has 0 amide bonds. The number of rotatable bonds is 4. The molecule has 0 spiro atoms. The van der Waals surface area contributed by atoms with Crippen LogP contribution in [0, 0.1) is 6.92 Å². The van der Waals surface area contributed by atoms with Crippen molar-refractivity contribution in [3.63, 3.8) is 0 Å². The molecule has 0 unspecified atom stereocenters. The molecule has 3 nitrogen and oxygen atoms in total. The van der Waals surface area contributed by atoms with Crippen molar-refractivity contribution in [2.45, 2.75) is 13.5 Å². The van der Waals surface area contributed by atoms with Crippen LogP contribution >= 0.6 is 0 Å². The maximum absolute atomic E-state index is 9.67. The van der Waals surface area contributed by atoms with Crippen molar-refractivity contribution in [2.75, 3.05) is 0 Å². The first kappa shape index (κ1) is 14.1. The highest BCUT2D eigenvalue weighted by Gasteiger charge is 2.09. The summed E-state index contributed by atoms with van der Waals surface area (Å²) in [5.74, 6) is 0.807. The molecule has 2 aromatic carbocycles. The molecular weight excluding hydrogens is 274 g/mol. The predicted molar refractivity (Wildman–Crippen MR) is 86.8 cm³/mol. The number of benzene rings is 2. The van der Waals surface area contributed by atoms with Gasteiger partial charge in [0, 0.05) is 11.3 Å². The second-order valence-corrected chi connectivity index (χ2v) is 5.13. The first-order valence-corrected chi connectivity index (χ1v) is 7.16. The molecule has 0 saturated heterocycles. The minimum atomic E-state index is 0.229. The summed E-state index contributed by atoms with van der Waals surface area (Å²) in [6, 6.07) is 21.0.